The lowest BCUT2D eigenvalue weighted by molar-refractivity contribution is -0.175. The molecule has 164 valence electrons. The first-order valence-corrected chi connectivity index (χ1v) is 10.9. The Kier molecular flexibility index (Phi) is 5.25. The van der Waals surface area contributed by atoms with Gasteiger partial charge in [0.05, 0.1) is 6.54 Å². The lowest BCUT2D eigenvalue weighted by Gasteiger charge is -2.38. The number of nitrogens with two attached hydrogens (primary N) is 1. The maximum Gasteiger partial charge on any atom is 0.272 e. The number of hydrogen-bond donors (Lipinski definition) is 2. The van der Waals surface area contributed by atoms with Crippen molar-refractivity contribution >= 4 is 5.78 Å². The Balaban J connectivity index is 1.97. The van der Waals surface area contributed by atoms with Gasteiger partial charge in [-0.05, 0) is 36.8 Å². The van der Waals surface area contributed by atoms with E-state index in [0.29, 0.717) is 47.5 Å². The minimum Gasteiger partial charge on any atom is -0.454 e. The molecule has 31 heavy (non-hydrogen) atoms. The van der Waals surface area contributed by atoms with Gasteiger partial charge in [-0.3, -0.25) is 4.79 Å². The van der Waals surface area contributed by atoms with Crippen molar-refractivity contribution in [2.24, 2.45) is 16.1 Å². The van der Waals surface area contributed by atoms with Crippen molar-refractivity contribution in [1.82, 2.24) is 5.01 Å². The molecule has 3 aliphatic rings. The molecule has 1 fully saturated rings. The van der Waals surface area contributed by atoms with E-state index in [9.17, 15) is 9.90 Å². The lowest BCUT2D eigenvalue weighted by atomic mass is 9.82. The second-order valence-corrected chi connectivity index (χ2v) is 8.59. The number of benzene rings is 1. The molecule has 0 aromatic heterocycles. The van der Waals surface area contributed by atoms with Crippen molar-refractivity contribution in [2.75, 3.05) is 6.54 Å². The number of Topliss-reactive ketones (excluding diaryl/α,β-unsaturated/α-hetero) is 1. The molecule has 0 bridgehead atoms. The smallest absolute Gasteiger partial charge is 0.272 e. The minimum atomic E-state index is -1.97. The first kappa shape index (κ1) is 21.3. The summed E-state index contributed by atoms with van der Waals surface area (Å²) in [6.07, 6.45) is 6.29. The Morgan fingerprint density at radius 2 is 2.19 bits per heavy atom. The molecule has 1 saturated carbocycles. The lowest BCUT2D eigenvalue weighted by Crippen LogP contribution is -2.58. The quantitative estimate of drug-likeness (QED) is 0.389. The van der Waals surface area contributed by atoms with E-state index in [-0.39, 0.29) is 11.7 Å². The predicted octanol–water partition coefficient (Wildman–Crippen LogP) is 4.21. The van der Waals surface area contributed by atoms with Crippen LogP contribution in [0, 0.1) is 0 Å². The highest BCUT2D eigenvalue weighted by Gasteiger charge is 2.76. The van der Waals surface area contributed by atoms with E-state index in [1.54, 1.807) is 0 Å². The number of carbonyl (C=O) groups excluding carboxylic acids is 1. The Morgan fingerprint density at radius 3 is 2.87 bits per heavy atom. The van der Waals surface area contributed by atoms with Crippen molar-refractivity contribution in [1.29, 1.82) is 0 Å². The Labute approximate surface area is 182 Å². The van der Waals surface area contributed by atoms with Gasteiger partial charge >= 0.3 is 0 Å². The van der Waals surface area contributed by atoms with Gasteiger partial charge in [0.2, 0.25) is 11.3 Å². The summed E-state index contributed by atoms with van der Waals surface area (Å²) in [5, 5.41) is 21.9. The van der Waals surface area contributed by atoms with E-state index in [4.69, 9.17) is 10.5 Å². The van der Waals surface area contributed by atoms with E-state index in [0.717, 1.165) is 18.4 Å². The van der Waals surface area contributed by atoms with E-state index in [1.165, 1.54) is 11.2 Å². The van der Waals surface area contributed by atoms with E-state index < -0.39 is 11.3 Å². The summed E-state index contributed by atoms with van der Waals surface area (Å²) in [6, 6.07) is 5.68. The number of ketones is 1. The molecule has 1 aliphatic heterocycles. The molecular weight excluding hydrogens is 392 g/mol. The van der Waals surface area contributed by atoms with Crippen LogP contribution in [-0.2, 0) is 10.3 Å². The van der Waals surface area contributed by atoms with Crippen LogP contribution in [0.25, 0.3) is 0 Å². The van der Waals surface area contributed by atoms with Gasteiger partial charge in [-0.15, -0.1) is 0 Å². The first-order valence-electron chi connectivity index (χ1n) is 10.9. The van der Waals surface area contributed by atoms with E-state index >= 15 is 0 Å². The van der Waals surface area contributed by atoms with Crippen LogP contribution in [0.3, 0.4) is 0 Å². The van der Waals surface area contributed by atoms with Crippen LogP contribution in [0.15, 0.2) is 64.2 Å². The highest BCUT2D eigenvalue weighted by atomic mass is 16.6. The average Bonchev–Trinajstić information content (AvgIpc) is 3.12. The number of unbranched alkanes of at least 4 members (excludes halogenated alkanes) is 1. The molecular formula is C24H30N4O3. The van der Waals surface area contributed by atoms with Crippen molar-refractivity contribution in [2.45, 2.75) is 63.7 Å². The monoisotopic (exact) mass is 422 g/mol. The zero-order valence-electron chi connectivity index (χ0n) is 18.4. The zero-order chi connectivity index (χ0) is 22.4. The minimum absolute atomic E-state index is 0.264. The van der Waals surface area contributed by atoms with Crippen molar-refractivity contribution in [3.8, 4) is 5.75 Å². The Bertz CT molecular complexity index is 1030. The molecule has 7 nitrogen and oxygen atoms in total. The Morgan fingerprint density at radius 1 is 1.42 bits per heavy atom. The van der Waals surface area contributed by atoms with Crippen LogP contribution >= 0.6 is 0 Å². The number of aliphatic hydroxyl groups is 1. The van der Waals surface area contributed by atoms with Crippen LogP contribution in [0.2, 0.25) is 0 Å². The Hall–Kier alpha value is -2.93. The normalized spacial score (nSPS) is 26.6. The summed E-state index contributed by atoms with van der Waals surface area (Å²) in [5.74, 6) is -1.59. The summed E-state index contributed by atoms with van der Waals surface area (Å²) in [7, 11) is 0. The second-order valence-electron chi connectivity index (χ2n) is 8.59. The van der Waals surface area contributed by atoms with Crippen LogP contribution in [0.5, 0.6) is 5.75 Å². The third-order valence-electron chi connectivity index (χ3n) is 6.37. The highest BCUT2D eigenvalue weighted by molar-refractivity contribution is 6.14. The number of rotatable bonds is 7. The first-order chi connectivity index (χ1) is 14.8. The molecule has 0 radical (unpaired) electrons. The van der Waals surface area contributed by atoms with Gasteiger partial charge in [-0.25, -0.2) is 5.01 Å². The maximum atomic E-state index is 14.0. The second kappa shape index (κ2) is 7.64. The fourth-order valence-corrected chi connectivity index (χ4v) is 4.72. The number of hydrogen-bond acceptors (Lipinski definition) is 6. The number of nitrogens with zero attached hydrogens (tertiary/aromatic N) is 3. The molecule has 0 saturated heterocycles. The zero-order valence-corrected chi connectivity index (χ0v) is 18.4. The molecule has 4 rings (SSSR count). The third-order valence-corrected chi connectivity index (χ3v) is 6.37. The van der Waals surface area contributed by atoms with E-state index in [1.807, 2.05) is 24.3 Å². The van der Waals surface area contributed by atoms with Crippen LogP contribution in [0.1, 0.15) is 63.5 Å². The molecule has 1 heterocycles. The van der Waals surface area contributed by atoms with Gasteiger partial charge in [0.15, 0.2) is 0 Å². The van der Waals surface area contributed by atoms with Gasteiger partial charge in [-0.1, -0.05) is 57.2 Å². The summed E-state index contributed by atoms with van der Waals surface area (Å²) >= 11 is 0. The number of allylic oxidation sites excluding steroid dienone is 2. The van der Waals surface area contributed by atoms with Crippen molar-refractivity contribution in [3.63, 3.8) is 0 Å². The topological polar surface area (TPSA) is 101 Å². The number of carbonyl (C=O) groups is 1. The van der Waals surface area contributed by atoms with Crippen molar-refractivity contribution in [3.05, 3.63) is 65.0 Å². The molecule has 1 aromatic rings. The summed E-state index contributed by atoms with van der Waals surface area (Å²) in [5.41, 5.74) is 7.36. The summed E-state index contributed by atoms with van der Waals surface area (Å²) < 4.78 is 6.20. The third kappa shape index (κ3) is 2.79. The van der Waals surface area contributed by atoms with Gasteiger partial charge in [0.1, 0.15) is 5.75 Å². The summed E-state index contributed by atoms with van der Waals surface area (Å²) in [6.45, 7) is 10.6. The highest BCUT2D eigenvalue weighted by Crippen LogP contribution is 2.62. The molecule has 2 aliphatic carbocycles. The van der Waals surface area contributed by atoms with Gasteiger partial charge in [0.25, 0.3) is 5.79 Å². The average molecular weight is 423 g/mol. The molecule has 2 unspecified atom stereocenters. The van der Waals surface area contributed by atoms with Crippen LogP contribution in [0.4, 0.5) is 0 Å². The number of fused-ring (bicyclic) bond motifs is 5. The SMILES string of the molecule is C=CN(N=NCCCC)C12C(=O)C3=C(N)CCC=C3C1(O)Oc1cc(C(C)C)ccc12. The molecule has 2 atom stereocenters. The van der Waals surface area contributed by atoms with Crippen LogP contribution in [-0.4, -0.2) is 28.2 Å². The number of ether oxygens (including phenoxy) is 1. The summed E-state index contributed by atoms with van der Waals surface area (Å²) in [4.78, 5) is 14.0. The van der Waals surface area contributed by atoms with E-state index in [2.05, 4.69) is 37.7 Å². The molecule has 3 N–H and O–H groups in total. The van der Waals surface area contributed by atoms with Gasteiger partial charge in [0, 0.05) is 28.6 Å². The fraction of sp³-hybridized carbons (Fsp3) is 0.458. The van der Waals surface area contributed by atoms with Gasteiger partial charge in [-0.2, -0.15) is 5.11 Å². The molecule has 0 spiro atoms. The maximum absolute atomic E-state index is 14.0. The van der Waals surface area contributed by atoms with Crippen LogP contribution < -0.4 is 10.5 Å². The molecule has 1 aromatic carbocycles. The standard InChI is InChI=1S/C24H30N4O3/c1-5-7-13-26-27-28(6-2)23-17-12-11-16(15(3)4)14-20(17)31-24(23,30)18-9-8-10-19(25)21(18)22(23)29/h6,9,11-12,14-15,30H,2,5,7-8,10,13,25H2,1,3-4H3. The predicted molar refractivity (Wildman–Crippen MR) is 118 cm³/mol. The van der Waals surface area contributed by atoms with Crippen molar-refractivity contribution < 1.29 is 14.6 Å². The molecule has 7 heteroatoms. The largest absolute Gasteiger partial charge is 0.454 e. The fourth-order valence-electron chi connectivity index (χ4n) is 4.72. The molecule has 0 amide bonds. The van der Waals surface area contributed by atoms with Gasteiger partial charge < -0.3 is 15.6 Å².